The Balaban J connectivity index is 1.37. The highest BCUT2D eigenvalue weighted by atomic mass is 16.7. The molecule has 0 aromatic heterocycles. The number of benzene rings is 2. The Bertz CT molecular complexity index is 913. The highest BCUT2D eigenvalue weighted by Gasteiger charge is 2.43. The minimum Gasteiger partial charge on any atom is -0.347 e. The molecule has 3 aliphatic heterocycles. The van der Waals surface area contributed by atoms with Gasteiger partial charge in [0, 0.05) is 37.2 Å². The summed E-state index contributed by atoms with van der Waals surface area (Å²) in [4.78, 5) is 29.9. The van der Waals surface area contributed by atoms with Crippen LogP contribution in [0.3, 0.4) is 0 Å². The molecule has 3 aliphatic rings. The Morgan fingerprint density at radius 3 is 2.34 bits per heavy atom. The zero-order chi connectivity index (χ0) is 19.8. The zero-order valence-corrected chi connectivity index (χ0v) is 16.3. The normalized spacial score (nSPS) is 22.9. The van der Waals surface area contributed by atoms with Gasteiger partial charge in [0.15, 0.2) is 5.79 Å². The van der Waals surface area contributed by atoms with Crippen molar-refractivity contribution in [3.05, 3.63) is 65.7 Å². The second-order valence-corrected chi connectivity index (χ2v) is 7.81. The fourth-order valence-corrected chi connectivity index (χ4v) is 4.66. The summed E-state index contributed by atoms with van der Waals surface area (Å²) in [6, 6.07) is 16.9. The van der Waals surface area contributed by atoms with Crippen molar-refractivity contribution in [3.63, 3.8) is 0 Å². The van der Waals surface area contributed by atoms with Gasteiger partial charge in [0.25, 0.3) is 5.91 Å². The van der Waals surface area contributed by atoms with Crippen LogP contribution in [0.4, 0.5) is 5.69 Å². The lowest BCUT2D eigenvalue weighted by molar-refractivity contribution is -0.187. The van der Waals surface area contributed by atoms with Crippen molar-refractivity contribution in [3.8, 4) is 0 Å². The van der Waals surface area contributed by atoms with Gasteiger partial charge in [-0.15, -0.1) is 0 Å². The van der Waals surface area contributed by atoms with Gasteiger partial charge in [-0.1, -0.05) is 36.4 Å². The van der Waals surface area contributed by atoms with Crippen molar-refractivity contribution in [2.75, 3.05) is 31.2 Å². The number of carbonyl (C=O) groups is 2. The van der Waals surface area contributed by atoms with Gasteiger partial charge < -0.3 is 19.3 Å². The molecule has 1 atom stereocenters. The lowest BCUT2D eigenvalue weighted by Crippen LogP contribution is -2.48. The van der Waals surface area contributed by atoms with Crippen LogP contribution in [0.5, 0.6) is 0 Å². The summed E-state index contributed by atoms with van der Waals surface area (Å²) < 4.78 is 11.5. The van der Waals surface area contributed by atoms with Gasteiger partial charge in [-0.2, -0.15) is 0 Å². The maximum Gasteiger partial charge on any atom is 0.259 e. The predicted octanol–water partition coefficient (Wildman–Crippen LogP) is 3.14. The van der Waals surface area contributed by atoms with E-state index in [1.54, 1.807) is 4.90 Å². The standard InChI is InChI=1S/C23H24N2O4/c26-21(24-12-10-23(11-13-24)28-14-15-29-23)16-20-18-8-4-5-9-19(18)22(27)25(20)17-6-2-1-3-7-17/h1-9,20H,10-16H2. The fraction of sp³-hybridized carbons (Fsp3) is 0.391. The molecule has 6 nitrogen and oxygen atoms in total. The van der Waals surface area contributed by atoms with Crippen LogP contribution in [0.1, 0.15) is 41.2 Å². The van der Waals surface area contributed by atoms with E-state index in [-0.39, 0.29) is 24.3 Å². The first-order chi connectivity index (χ1) is 14.2. The van der Waals surface area contributed by atoms with E-state index < -0.39 is 5.79 Å². The van der Waals surface area contributed by atoms with E-state index in [2.05, 4.69) is 0 Å². The van der Waals surface area contributed by atoms with Crippen LogP contribution in [0.2, 0.25) is 0 Å². The predicted molar refractivity (Wildman–Crippen MR) is 108 cm³/mol. The highest BCUT2D eigenvalue weighted by molar-refractivity contribution is 6.11. The maximum atomic E-state index is 13.2. The van der Waals surface area contributed by atoms with E-state index in [0.29, 0.717) is 44.7 Å². The monoisotopic (exact) mass is 392 g/mol. The van der Waals surface area contributed by atoms with Gasteiger partial charge in [0.2, 0.25) is 5.91 Å². The molecule has 2 fully saturated rings. The molecule has 0 saturated carbocycles. The number of ether oxygens (including phenoxy) is 2. The molecule has 1 spiro atoms. The van der Waals surface area contributed by atoms with E-state index in [4.69, 9.17) is 9.47 Å². The molecule has 2 aromatic carbocycles. The van der Waals surface area contributed by atoms with Crippen molar-refractivity contribution in [1.82, 2.24) is 4.90 Å². The number of piperidine rings is 1. The van der Waals surface area contributed by atoms with Crippen LogP contribution in [-0.4, -0.2) is 48.8 Å². The summed E-state index contributed by atoms with van der Waals surface area (Å²) in [5.74, 6) is -0.480. The number of para-hydroxylation sites is 1. The van der Waals surface area contributed by atoms with Gasteiger partial charge in [-0.05, 0) is 23.8 Å². The Kier molecular flexibility index (Phi) is 4.60. The Morgan fingerprint density at radius 1 is 0.966 bits per heavy atom. The van der Waals surface area contributed by atoms with Crippen LogP contribution in [0, 0.1) is 0 Å². The SMILES string of the molecule is O=C(CC1c2ccccc2C(=O)N1c1ccccc1)N1CCC2(CC1)OCCO2. The summed E-state index contributed by atoms with van der Waals surface area (Å²) in [5.41, 5.74) is 2.42. The van der Waals surface area contributed by atoms with Gasteiger partial charge in [0.1, 0.15) is 0 Å². The number of rotatable bonds is 3. The average molecular weight is 392 g/mol. The molecule has 2 saturated heterocycles. The molecule has 2 amide bonds. The third kappa shape index (κ3) is 3.22. The fourth-order valence-electron chi connectivity index (χ4n) is 4.66. The van der Waals surface area contributed by atoms with Crippen molar-refractivity contribution < 1.29 is 19.1 Å². The molecule has 0 bridgehead atoms. The van der Waals surface area contributed by atoms with Crippen molar-refractivity contribution in [2.24, 2.45) is 0 Å². The number of anilines is 1. The molecule has 5 rings (SSSR count). The lowest BCUT2D eigenvalue weighted by atomic mass is 9.99. The average Bonchev–Trinajstić information content (AvgIpc) is 3.32. The number of hydrogen-bond acceptors (Lipinski definition) is 4. The summed E-state index contributed by atoms with van der Waals surface area (Å²) in [6.07, 6.45) is 1.66. The van der Waals surface area contributed by atoms with E-state index >= 15 is 0 Å². The second-order valence-electron chi connectivity index (χ2n) is 7.81. The summed E-state index contributed by atoms with van der Waals surface area (Å²) in [7, 11) is 0. The van der Waals surface area contributed by atoms with Crippen LogP contribution in [-0.2, 0) is 14.3 Å². The molecule has 29 heavy (non-hydrogen) atoms. The molecule has 0 aliphatic carbocycles. The lowest BCUT2D eigenvalue weighted by Gasteiger charge is -2.38. The van der Waals surface area contributed by atoms with Crippen molar-refractivity contribution >= 4 is 17.5 Å². The first-order valence-corrected chi connectivity index (χ1v) is 10.2. The first-order valence-electron chi connectivity index (χ1n) is 10.2. The number of nitrogens with zero attached hydrogens (tertiary/aromatic N) is 2. The highest BCUT2D eigenvalue weighted by Crippen LogP contribution is 2.40. The minimum absolute atomic E-state index is 0.0463. The number of carbonyl (C=O) groups excluding carboxylic acids is 2. The summed E-state index contributed by atoms with van der Waals surface area (Å²) in [6.45, 7) is 2.49. The quantitative estimate of drug-likeness (QED) is 0.805. The smallest absolute Gasteiger partial charge is 0.259 e. The van der Waals surface area contributed by atoms with Crippen molar-refractivity contribution in [1.29, 1.82) is 0 Å². The Morgan fingerprint density at radius 2 is 1.62 bits per heavy atom. The number of hydrogen-bond donors (Lipinski definition) is 0. The molecule has 6 heteroatoms. The second kappa shape index (κ2) is 7.28. The van der Waals surface area contributed by atoms with E-state index in [1.807, 2.05) is 59.5 Å². The van der Waals surface area contributed by atoms with Crippen LogP contribution in [0.15, 0.2) is 54.6 Å². The first kappa shape index (κ1) is 18.3. The molecular formula is C23H24N2O4. The van der Waals surface area contributed by atoms with Gasteiger partial charge in [-0.25, -0.2) is 0 Å². The van der Waals surface area contributed by atoms with Crippen LogP contribution >= 0.6 is 0 Å². The molecular weight excluding hydrogens is 368 g/mol. The molecule has 3 heterocycles. The van der Waals surface area contributed by atoms with Crippen LogP contribution in [0.25, 0.3) is 0 Å². The van der Waals surface area contributed by atoms with Gasteiger partial charge in [0.05, 0.1) is 25.7 Å². The topological polar surface area (TPSA) is 59.1 Å². The summed E-state index contributed by atoms with van der Waals surface area (Å²) in [5, 5.41) is 0. The van der Waals surface area contributed by atoms with E-state index in [0.717, 1.165) is 11.3 Å². The molecule has 150 valence electrons. The molecule has 0 radical (unpaired) electrons. The third-order valence-electron chi connectivity index (χ3n) is 6.17. The van der Waals surface area contributed by atoms with Crippen molar-refractivity contribution in [2.45, 2.75) is 31.1 Å². The Labute approximate surface area is 170 Å². The largest absolute Gasteiger partial charge is 0.347 e. The van der Waals surface area contributed by atoms with Gasteiger partial charge in [-0.3, -0.25) is 9.59 Å². The number of amides is 2. The number of likely N-dealkylation sites (tertiary alicyclic amines) is 1. The molecule has 2 aromatic rings. The van der Waals surface area contributed by atoms with Gasteiger partial charge >= 0.3 is 0 Å². The Hall–Kier alpha value is -2.70. The minimum atomic E-state index is -0.497. The summed E-state index contributed by atoms with van der Waals surface area (Å²) >= 11 is 0. The maximum absolute atomic E-state index is 13.2. The molecule has 0 N–H and O–H groups in total. The van der Waals surface area contributed by atoms with E-state index in [1.165, 1.54) is 0 Å². The molecule has 1 unspecified atom stereocenters. The van der Waals surface area contributed by atoms with E-state index in [9.17, 15) is 9.59 Å². The zero-order valence-electron chi connectivity index (χ0n) is 16.3. The number of fused-ring (bicyclic) bond motifs is 1. The van der Waals surface area contributed by atoms with Crippen LogP contribution < -0.4 is 4.90 Å². The third-order valence-corrected chi connectivity index (χ3v) is 6.17.